The molecular weight excluding hydrogens is 167 g/mol. The first kappa shape index (κ1) is 8.34. The molecule has 0 atom stereocenters. The summed E-state index contributed by atoms with van der Waals surface area (Å²) in [6.07, 6.45) is 0. The Labute approximate surface area is 69.4 Å². The second-order valence-corrected chi connectivity index (χ2v) is 2.87. The predicted molar refractivity (Wildman–Crippen MR) is 42.5 cm³/mol. The van der Waals surface area contributed by atoms with Crippen LogP contribution in [-0.4, -0.2) is 5.11 Å². The minimum atomic E-state index is -0.741. The molecule has 1 nitrogen and oxygen atoms in total. The zero-order valence-corrected chi connectivity index (χ0v) is 7.04. The topological polar surface area (TPSA) is 20.2 Å². The lowest BCUT2D eigenvalue weighted by Crippen LogP contribution is -1.87. The van der Waals surface area contributed by atoms with Crippen LogP contribution in [0, 0.1) is 19.7 Å². The van der Waals surface area contributed by atoms with E-state index < -0.39 is 5.82 Å². The van der Waals surface area contributed by atoms with Gasteiger partial charge >= 0.3 is 0 Å². The van der Waals surface area contributed by atoms with Crippen LogP contribution in [0.3, 0.4) is 0 Å². The molecule has 0 amide bonds. The molecule has 3 heteroatoms. The molecular formula is C8H8ClFO. The molecule has 0 aliphatic carbocycles. The van der Waals surface area contributed by atoms with Crippen LogP contribution >= 0.6 is 11.6 Å². The van der Waals surface area contributed by atoms with E-state index in [1.165, 1.54) is 6.07 Å². The molecule has 0 aliphatic rings. The third kappa shape index (κ3) is 1.31. The van der Waals surface area contributed by atoms with Gasteiger partial charge in [-0.05, 0) is 31.0 Å². The van der Waals surface area contributed by atoms with Gasteiger partial charge in [-0.15, -0.1) is 0 Å². The highest BCUT2D eigenvalue weighted by atomic mass is 35.5. The molecule has 0 spiro atoms. The van der Waals surface area contributed by atoms with E-state index in [0.717, 1.165) is 5.56 Å². The van der Waals surface area contributed by atoms with E-state index in [2.05, 4.69) is 0 Å². The lowest BCUT2D eigenvalue weighted by molar-refractivity contribution is 0.428. The van der Waals surface area contributed by atoms with Gasteiger partial charge in [-0.1, -0.05) is 11.6 Å². The minimum absolute atomic E-state index is 0.0365. The van der Waals surface area contributed by atoms with Crippen LogP contribution in [0.15, 0.2) is 6.07 Å². The van der Waals surface area contributed by atoms with Gasteiger partial charge in [0.05, 0.1) is 5.02 Å². The highest BCUT2D eigenvalue weighted by Crippen LogP contribution is 2.29. The van der Waals surface area contributed by atoms with Gasteiger partial charge in [0.2, 0.25) is 0 Å². The molecule has 0 aromatic heterocycles. The van der Waals surface area contributed by atoms with Gasteiger partial charge in [0, 0.05) is 0 Å². The fourth-order valence-corrected chi connectivity index (χ4v) is 1.08. The number of aromatic hydroxyl groups is 1. The van der Waals surface area contributed by atoms with Crippen molar-refractivity contribution in [2.75, 3.05) is 0 Å². The third-order valence-electron chi connectivity index (χ3n) is 1.71. The lowest BCUT2D eigenvalue weighted by Gasteiger charge is -2.04. The Balaban J connectivity index is 3.46. The van der Waals surface area contributed by atoms with Gasteiger partial charge < -0.3 is 5.11 Å². The van der Waals surface area contributed by atoms with Gasteiger partial charge in [-0.3, -0.25) is 0 Å². The summed E-state index contributed by atoms with van der Waals surface area (Å²) in [7, 11) is 0. The molecule has 1 N–H and O–H groups in total. The van der Waals surface area contributed by atoms with Crippen LogP contribution in [0.2, 0.25) is 5.02 Å². The molecule has 0 aliphatic heterocycles. The number of phenols is 1. The van der Waals surface area contributed by atoms with E-state index in [1.54, 1.807) is 13.8 Å². The fourth-order valence-electron chi connectivity index (χ4n) is 0.826. The highest BCUT2D eigenvalue weighted by Gasteiger charge is 2.10. The van der Waals surface area contributed by atoms with E-state index in [0.29, 0.717) is 5.56 Å². The van der Waals surface area contributed by atoms with Crippen LogP contribution in [0.1, 0.15) is 11.1 Å². The van der Waals surface area contributed by atoms with Crippen molar-refractivity contribution in [2.24, 2.45) is 0 Å². The molecule has 0 fully saturated rings. The molecule has 60 valence electrons. The predicted octanol–water partition coefficient (Wildman–Crippen LogP) is 2.80. The number of hydrogen-bond donors (Lipinski definition) is 1. The van der Waals surface area contributed by atoms with Crippen molar-refractivity contribution in [3.63, 3.8) is 0 Å². The quantitative estimate of drug-likeness (QED) is 0.641. The van der Waals surface area contributed by atoms with Crippen molar-refractivity contribution in [2.45, 2.75) is 13.8 Å². The molecule has 1 aromatic rings. The van der Waals surface area contributed by atoms with E-state index >= 15 is 0 Å². The molecule has 0 heterocycles. The Morgan fingerprint density at radius 3 is 2.55 bits per heavy atom. The standard InChI is InChI=1S/C8H8ClFO/c1-4-3-6(9)7(10)8(11)5(4)2/h3,11H,1-2H3. The number of hydrogen-bond acceptors (Lipinski definition) is 1. The highest BCUT2D eigenvalue weighted by molar-refractivity contribution is 6.31. The Morgan fingerprint density at radius 1 is 1.45 bits per heavy atom. The Hall–Kier alpha value is -0.760. The van der Waals surface area contributed by atoms with Crippen molar-refractivity contribution < 1.29 is 9.50 Å². The SMILES string of the molecule is Cc1cc(Cl)c(F)c(O)c1C. The maximum atomic E-state index is 12.8. The summed E-state index contributed by atoms with van der Waals surface area (Å²) < 4.78 is 12.8. The molecule has 0 saturated heterocycles. The van der Waals surface area contributed by atoms with Crippen LogP contribution < -0.4 is 0 Å². The summed E-state index contributed by atoms with van der Waals surface area (Å²) in [4.78, 5) is 0. The zero-order chi connectivity index (χ0) is 8.59. The smallest absolute Gasteiger partial charge is 0.183 e. The number of benzene rings is 1. The number of phenolic OH excluding ortho intramolecular Hbond substituents is 1. The summed E-state index contributed by atoms with van der Waals surface area (Å²) in [5.74, 6) is -1.09. The van der Waals surface area contributed by atoms with Gasteiger partial charge in [0.1, 0.15) is 0 Å². The van der Waals surface area contributed by atoms with Crippen LogP contribution in [-0.2, 0) is 0 Å². The van der Waals surface area contributed by atoms with Gasteiger partial charge in [-0.2, -0.15) is 0 Å². The Kier molecular flexibility index (Phi) is 2.05. The van der Waals surface area contributed by atoms with E-state index in [1.807, 2.05) is 0 Å². The first-order valence-corrected chi connectivity index (χ1v) is 3.56. The minimum Gasteiger partial charge on any atom is -0.505 e. The van der Waals surface area contributed by atoms with Crippen molar-refractivity contribution >= 4 is 11.6 Å². The first-order valence-electron chi connectivity index (χ1n) is 3.18. The van der Waals surface area contributed by atoms with E-state index in [9.17, 15) is 4.39 Å². The van der Waals surface area contributed by atoms with Crippen LogP contribution in [0.4, 0.5) is 4.39 Å². The maximum absolute atomic E-state index is 12.8. The Bertz CT molecular complexity index is 270. The van der Waals surface area contributed by atoms with E-state index in [4.69, 9.17) is 16.7 Å². The molecule has 0 saturated carbocycles. The molecule has 0 unspecified atom stereocenters. The molecule has 1 rings (SSSR count). The number of aryl methyl sites for hydroxylation is 1. The zero-order valence-electron chi connectivity index (χ0n) is 6.28. The molecule has 1 aromatic carbocycles. The van der Waals surface area contributed by atoms with Crippen molar-refractivity contribution in [1.29, 1.82) is 0 Å². The average molecular weight is 175 g/mol. The molecule has 11 heavy (non-hydrogen) atoms. The second kappa shape index (κ2) is 2.70. The normalized spacial score (nSPS) is 10.2. The van der Waals surface area contributed by atoms with Gasteiger partial charge in [-0.25, -0.2) is 4.39 Å². The fraction of sp³-hybridized carbons (Fsp3) is 0.250. The Morgan fingerprint density at radius 2 is 2.00 bits per heavy atom. The van der Waals surface area contributed by atoms with Crippen molar-refractivity contribution in [3.8, 4) is 5.75 Å². The summed E-state index contributed by atoms with van der Waals surface area (Å²) in [5, 5.41) is 9.07. The molecule has 0 bridgehead atoms. The molecule has 0 radical (unpaired) electrons. The summed E-state index contributed by atoms with van der Waals surface area (Å²) >= 11 is 5.46. The second-order valence-electron chi connectivity index (χ2n) is 2.46. The van der Waals surface area contributed by atoms with Gasteiger partial charge in [0.15, 0.2) is 11.6 Å². The maximum Gasteiger partial charge on any atom is 0.183 e. The third-order valence-corrected chi connectivity index (χ3v) is 1.98. The van der Waals surface area contributed by atoms with Crippen molar-refractivity contribution in [1.82, 2.24) is 0 Å². The van der Waals surface area contributed by atoms with Gasteiger partial charge in [0.25, 0.3) is 0 Å². The largest absolute Gasteiger partial charge is 0.505 e. The monoisotopic (exact) mass is 174 g/mol. The average Bonchev–Trinajstić information content (AvgIpc) is 1.97. The first-order chi connectivity index (χ1) is 5.04. The van der Waals surface area contributed by atoms with Crippen molar-refractivity contribution in [3.05, 3.63) is 28.0 Å². The number of rotatable bonds is 0. The lowest BCUT2D eigenvalue weighted by atomic mass is 10.1. The summed E-state index contributed by atoms with van der Waals surface area (Å²) in [5.41, 5.74) is 1.32. The van der Waals surface area contributed by atoms with Crippen LogP contribution in [0.5, 0.6) is 5.75 Å². The summed E-state index contributed by atoms with van der Waals surface area (Å²) in [6.45, 7) is 3.41. The van der Waals surface area contributed by atoms with Crippen LogP contribution in [0.25, 0.3) is 0 Å². The van der Waals surface area contributed by atoms with E-state index in [-0.39, 0.29) is 10.8 Å². The number of halogens is 2. The summed E-state index contributed by atoms with van der Waals surface area (Å²) in [6, 6.07) is 1.49.